The molecule has 5 heteroatoms. The molecule has 2 saturated heterocycles. The Morgan fingerprint density at radius 1 is 0.966 bits per heavy atom. The topological polar surface area (TPSA) is 40.6 Å². The normalized spacial score (nSPS) is 18.5. The molecule has 2 aromatic carbocycles. The van der Waals surface area contributed by atoms with Gasteiger partial charge in [-0.1, -0.05) is 48.5 Å². The molecule has 150 valence electrons. The van der Waals surface area contributed by atoms with Crippen molar-refractivity contribution in [2.45, 2.75) is 24.6 Å². The molecule has 0 aliphatic carbocycles. The van der Waals surface area contributed by atoms with Crippen LogP contribution in [0.2, 0.25) is 0 Å². The summed E-state index contributed by atoms with van der Waals surface area (Å²) in [5.41, 5.74) is 2.82. The van der Waals surface area contributed by atoms with Crippen LogP contribution in [0.25, 0.3) is 6.08 Å². The highest BCUT2D eigenvalue weighted by atomic mass is 32.2. The Hall–Kier alpha value is -2.53. The van der Waals surface area contributed by atoms with Gasteiger partial charge in [0.2, 0.25) is 5.91 Å². The number of likely N-dealkylation sites (tertiary alicyclic amines) is 1. The molecule has 29 heavy (non-hydrogen) atoms. The fourth-order valence-electron chi connectivity index (χ4n) is 4.20. The van der Waals surface area contributed by atoms with Gasteiger partial charge in [-0.2, -0.15) is 0 Å². The lowest BCUT2D eigenvalue weighted by Crippen LogP contribution is -2.53. The minimum atomic E-state index is -0.180. The second-order valence-corrected chi connectivity index (χ2v) is 9.09. The van der Waals surface area contributed by atoms with Gasteiger partial charge in [0.05, 0.1) is 4.87 Å². The number of aryl methyl sites for hydroxylation is 1. The monoisotopic (exact) mass is 406 g/mol. The molecule has 0 aromatic heterocycles. The maximum Gasteiger partial charge on any atom is 0.254 e. The van der Waals surface area contributed by atoms with Crippen LogP contribution in [0.4, 0.5) is 0 Å². The number of nitrogens with zero attached hydrogens (tertiary/aromatic N) is 2. The lowest BCUT2D eigenvalue weighted by molar-refractivity contribution is -0.129. The van der Waals surface area contributed by atoms with E-state index in [9.17, 15) is 9.59 Å². The van der Waals surface area contributed by atoms with Crippen LogP contribution in [0.3, 0.4) is 0 Å². The second kappa shape index (κ2) is 8.46. The molecule has 2 aromatic rings. The molecule has 4 rings (SSSR count). The van der Waals surface area contributed by atoms with Crippen LogP contribution in [-0.4, -0.2) is 51.9 Å². The smallest absolute Gasteiger partial charge is 0.254 e. The van der Waals surface area contributed by atoms with Crippen molar-refractivity contribution in [3.63, 3.8) is 0 Å². The van der Waals surface area contributed by atoms with Crippen LogP contribution in [0.15, 0.2) is 60.7 Å². The molecular formula is C24H26N2O2S. The highest BCUT2D eigenvalue weighted by Crippen LogP contribution is 2.44. The number of rotatable bonds is 3. The summed E-state index contributed by atoms with van der Waals surface area (Å²) >= 11 is 1.87. The zero-order valence-corrected chi connectivity index (χ0v) is 17.5. The van der Waals surface area contributed by atoms with Crippen molar-refractivity contribution < 1.29 is 9.59 Å². The first-order valence-corrected chi connectivity index (χ1v) is 11.1. The van der Waals surface area contributed by atoms with E-state index in [-0.39, 0.29) is 16.7 Å². The van der Waals surface area contributed by atoms with Gasteiger partial charge in [-0.05, 0) is 43.0 Å². The maximum absolute atomic E-state index is 12.9. The number of piperidine rings is 1. The van der Waals surface area contributed by atoms with E-state index < -0.39 is 0 Å². The molecule has 2 amide bonds. The van der Waals surface area contributed by atoms with E-state index in [4.69, 9.17) is 0 Å². The quantitative estimate of drug-likeness (QED) is 0.717. The molecule has 0 radical (unpaired) electrons. The highest BCUT2D eigenvalue weighted by molar-refractivity contribution is 8.00. The van der Waals surface area contributed by atoms with E-state index >= 15 is 0 Å². The molecule has 4 nitrogen and oxygen atoms in total. The summed E-state index contributed by atoms with van der Waals surface area (Å²) in [4.78, 5) is 29.6. The van der Waals surface area contributed by atoms with E-state index in [1.54, 1.807) is 6.08 Å². The van der Waals surface area contributed by atoms with Crippen LogP contribution in [-0.2, 0) is 4.79 Å². The van der Waals surface area contributed by atoms with Crippen molar-refractivity contribution in [2.75, 3.05) is 25.4 Å². The molecule has 2 aliphatic heterocycles. The van der Waals surface area contributed by atoms with Crippen molar-refractivity contribution in [3.05, 3.63) is 77.4 Å². The zero-order chi connectivity index (χ0) is 20.3. The lowest BCUT2D eigenvalue weighted by atomic mass is 10.00. The Labute approximate surface area is 176 Å². The number of hydrogen-bond acceptors (Lipinski definition) is 3. The van der Waals surface area contributed by atoms with E-state index in [2.05, 4.69) is 0 Å². The van der Waals surface area contributed by atoms with E-state index in [1.807, 2.05) is 89.2 Å². The average Bonchev–Trinajstić information content (AvgIpc) is 3.16. The van der Waals surface area contributed by atoms with Crippen LogP contribution in [0, 0.1) is 6.92 Å². The molecule has 1 spiro atoms. The summed E-state index contributed by atoms with van der Waals surface area (Å²) in [6.07, 6.45) is 5.21. The van der Waals surface area contributed by atoms with Gasteiger partial charge in [0.1, 0.15) is 0 Å². The van der Waals surface area contributed by atoms with Gasteiger partial charge in [-0.25, -0.2) is 0 Å². The largest absolute Gasteiger partial charge is 0.338 e. The van der Waals surface area contributed by atoms with Gasteiger partial charge in [0.15, 0.2) is 0 Å². The van der Waals surface area contributed by atoms with Crippen LogP contribution < -0.4 is 0 Å². The lowest BCUT2D eigenvalue weighted by Gasteiger charge is -2.43. The molecule has 0 atom stereocenters. The summed E-state index contributed by atoms with van der Waals surface area (Å²) in [5.74, 6) is 1.12. The Morgan fingerprint density at radius 2 is 1.66 bits per heavy atom. The van der Waals surface area contributed by atoms with Gasteiger partial charge < -0.3 is 9.80 Å². The molecule has 0 N–H and O–H groups in total. The Balaban J connectivity index is 1.43. The zero-order valence-electron chi connectivity index (χ0n) is 16.7. The van der Waals surface area contributed by atoms with E-state index in [0.717, 1.165) is 41.8 Å². The van der Waals surface area contributed by atoms with Crippen molar-refractivity contribution in [2.24, 2.45) is 0 Å². The summed E-state index contributed by atoms with van der Waals surface area (Å²) in [6, 6.07) is 17.6. The number of benzene rings is 2. The predicted molar refractivity (Wildman–Crippen MR) is 119 cm³/mol. The minimum Gasteiger partial charge on any atom is -0.338 e. The molecule has 0 unspecified atom stereocenters. The van der Waals surface area contributed by atoms with Gasteiger partial charge in [-0.3, -0.25) is 9.59 Å². The van der Waals surface area contributed by atoms with Gasteiger partial charge in [0, 0.05) is 37.0 Å². The summed E-state index contributed by atoms with van der Waals surface area (Å²) < 4.78 is 0. The fraction of sp³-hybridized carbons (Fsp3) is 0.333. The minimum absolute atomic E-state index is 0.0672. The number of thioether (sulfide) groups is 1. The third kappa shape index (κ3) is 4.10. The molecule has 0 saturated carbocycles. The first-order chi connectivity index (χ1) is 14.1. The van der Waals surface area contributed by atoms with E-state index in [1.165, 1.54) is 0 Å². The summed E-state index contributed by atoms with van der Waals surface area (Å²) in [5, 5.41) is 0. The molecule has 2 fully saturated rings. The van der Waals surface area contributed by atoms with Crippen molar-refractivity contribution in [1.29, 1.82) is 0 Å². The molecular weight excluding hydrogens is 380 g/mol. The molecule has 2 heterocycles. The number of carbonyl (C=O) groups is 2. The van der Waals surface area contributed by atoms with Crippen LogP contribution in [0.1, 0.15) is 34.3 Å². The third-order valence-electron chi connectivity index (χ3n) is 5.87. The Morgan fingerprint density at radius 3 is 2.38 bits per heavy atom. The van der Waals surface area contributed by atoms with E-state index in [0.29, 0.717) is 13.1 Å². The van der Waals surface area contributed by atoms with Crippen molar-refractivity contribution >= 4 is 29.7 Å². The third-order valence-corrected chi connectivity index (χ3v) is 7.42. The van der Waals surface area contributed by atoms with Crippen LogP contribution in [0.5, 0.6) is 0 Å². The highest BCUT2D eigenvalue weighted by Gasteiger charge is 2.46. The number of hydrogen-bond donors (Lipinski definition) is 0. The average molecular weight is 407 g/mol. The van der Waals surface area contributed by atoms with Gasteiger partial charge in [-0.15, -0.1) is 11.8 Å². The number of carbonyl (C=O) groups excluding carboxylic acids is 2. The summed E-state index contributed by atoms with van der Waals surface area (Å²) in [6.45, 7) is 4.12. The standard InChI is InChI=1S/C24H26N2O2S/c1-19-7-5-6-10-21(19)23(28)25-15-13-24(14-16-25)26(17-18-29-24)22(27)12-11-20-8-3-2-4-9-20/h2-12H,13-18H2,1H3. The number of amides is 2. The summed E-state index contributed by atoms with van der Waals surface area (Å²) in [7, 11) is 0. The van der Waals surface area contributed by atoms with Crippen LogP contribution >= 0.6 is 11.8 Å². The Kier molecular flexibility index (Phi) is 5.76. The SMILES string of the molecule is Cc1ccccc1C(=O)N1CCC2(CC1)SCCN2C(=O)C=Cc1ccccc1. The van der Waals surface area contributed by atoms with Gasteiger partial charge in [0.25, 0.3) is 5.91 Å². The molecule has 0 bridgehead atoms. The van der Waals surface area contributed by atoms with Gasteiger partial charge >= 0.3 is 0 Å². The first kappa shape index (κ1) is 19.8. The predicted octanol–water partition coefficient (Wildman–Crippen LogP) is 4.22. The second-order valence-electron chi connectivity index (χ2n) is 7.64. The van der Waals surface area contributed by atoms with Crippen molar-refractivity contribution in [3.8, 4) is 0 Å². The first-order valence-electron chi connectivity index (χ1n) is 10.1. The molecule has 2 aliphatic rings. The fourth-order valence-corrected chi connectivity index (χ4v) is 5.66. The Bertz CT molecular complexity index is 917. The maximum atomic E-state index is 12.9. The van der Waals surface area contributed by atoms with Crippen molar-refractivity contribution in [1.82, 2.24) is 9.80 Å².